The Morgan fingerprint density at radius 2 is 1.88 bits per heavy atom. The molecule has 0 aliphatic heterocycles. The normalized spacial score (nSPS) is 11.8. The molecule has 0 N–H and O–H groups in total. The van der Waals surface area contributed by atoms with Crippen LogP contribution in [0.3, 0.4) is 0 Å². The molecule has 0 amide bonds. The van der Waals surface area contributed by atoms with Crippen LogP contribution in [0.15, 0.2) is 16.6 Å². The molecule has 0 aliphatic rings. The molecule has 0 radical (unpaired) electrons. The minimum Gasteiger partial charge on any atom is -0.489 e. The van der Waals surface area contributed by atoms with Gasteiger partial charge in [0, 0.05) is 18.7 Å². The zero-order valence-electron chi connectivity index (χ0n) is 14.7. The van der Waals surface area contributed by atoms with Crippen molar-refractivity contribution in [1.29, 1.82) is 0 Å². The monoisotopic (exact) mass is 400 g/mol. The van der Waals surface area contributed by atoms with Gasteiger partial charge in [-0.1, -0.05) is 20.8 Å². The van der Waals surface area contributed by atoms with E-state index in [0.717, 1.165) is 29.6 Å². The van der Waals surface area contributed by atoms with Gasteiger partial charge in [-0.15, -0.1) is 0 Å². The van der Waals surface area contributed by atoms with Crippen LogP contribution < -0.4 is 4.74 Å². The maximum absolute atomic E-state index is 13.8. The van der Waals surface area contributed by atoms with Crippen molar-refractivity contribution in [3.8, 4) is 5.75 Å². The summed E-state index contributed by atoms with van der Waals surface area (Å²) in [6, 6.07) is 2.51. The second-order valence-electron chi connectivity index (χ2n) is 7.15. The largest absolute Gasteiger partial charge is 0.489 e. The molecule has 0 saturated carbocycles. The van der Waals surface area contributed by atoms with Gasteiger partial charge in [0.05, 0.1) is 16.8 Å². The van der Waals surface area contributed by atoms with E-state index in [2.05, 4.69) is 41.8 Å². The van der Waals surface area contributed by atoms with Crippen LogP contribution in [0.25, 0.3) is 0 Å². The van der Waals surface area contributed by atoms with Crippen molar-refractivity contribution < 1.29 is 13.5 Å². The van der Waals surface area contributed by atoms with Crippen molar-refractivity contribution in [1.82, 2.24) is 9.78 Å². The van der Waals surface area contributed by atoms with Crippen LogP contribution >= 0.6 is 15.9 Å². The maximum atomic E-state index is 13.8. The number of rotatable bonds is 5. The lowest BCUT2D eigenvalue weighted by molar-refractivity contribution is 0.283. The van der Waals surface area contributed by atoms with Crippen LogP contribution in [0, 0.1) is 30.9 Å². The summed E-state index contributed by atoms with van der Waals surface area (Å²) >= 11 is 3.19. The predicted octanol–water partition coefficient (Wildman–Crippen LogP) is 5.21. The first-order chi connectivity index (χ1) is 11.1. The van der Waals surface area contributed by atoms with E-state index < -0.39 is 11.6 Å². The smallest absolute Gasteiger partial charge is 0.201 e. The Morgan fingerprint density at radius 3 is 2.50 bits per heavy atom. The molecule has 0 aliphatic carbocycles. The highest BCUT2D eigenvalue weighted by molar-refractivity contribution is 9.10. The van der Waals surface area contributed by atoms with Gasteiger partial charge in [0.15, 0.2) is 11.6 Å². The van der Waals surface area contributed by atoms with Crippen LogP contribution in [-0.2, 0) is 13.0 Å². The molecule has 1 aromatic carbocycles. The fourth-order valence-electron chi connectivity index (χ4n) is 2.51. The topological polar surface area (TPSA) is 27.1 Å². The molecule has 2 aromatic rings. The fourth-order valence-corrected chi connectivity index (χ4v) is 2.93. The van der Waals surface area contributed by atoms with Gasteiger partial charge >= 0.3 is 0 Å². The molecule has 1 heterocycles. The third-order valence-electron chi connectivity index (χ3n) is 3.77. The van der Waals surface area contributed by atoms with E-state index in [9.17, 15) is 8.78 Å². The third kappa shape index (κ3) is 4.35. The first kappa shape index (κ1) is 18.9. The zero-order valence-corrected chi connectivity index (χ0v) is 16.3. The number of aromatic nitrogens is 2. The van der Waals surface area contributed by atoms with Crippen LogP contribution in [0.1, 0.15) is 37.7 Å². The molecular weight excluding hydrogens is 378 g/mol. The van der Waals surface area contributed by atoms with Crippen molar-refractivity contribution in [3.63, 3.8) is 0 Å². The molecule has 0 spiro atoms. The summed E-state index contributed by atoms with van der Waals surface area (Å²) < 4.78 is 35.1. The second kappa shape index (κ2) is 7.21. The van der Waals surface area contributed by atoms with Crippen LogP contribution in [0.4, 0.5) is 8.78 Å². The van der Waals surface area contributed by atoms with Gasteiger partial charge in [-0.25, -0.2) is 4.39 Å². The average molecular weight is 401 g/mol. The molecular formula is C18H23BrF2N2O. The van der Waals surface area contributed by atoms with Gasteiger partial charge in [-0.05, 0) is 52.9 Å². The van der Waals surface area contributed by atoms with E-state index >= 15 is 0 Å². The lowest BCUT2D eigenvalue weighted by atomic mass is 9.97. The van der Waals surface area contributed by atoms with Gasteiger partial charge in [-0.2, -0.15) is 9.49 Å². The first-order valence-electron chi connectivity index (χ1n) is 7.89. The second-order valence-corrected chi connectivity index (χ2v) is 8.00. The minimum atomic E-state index is -0.972. The van der Waals surface area contributed by atoms with Crippen LogP contribution in [-0.4, -0.2) is 16.4 Å². The summed E-state index contributed by atoms with van der Waals surface area (Å²) in [6.07, 6.45) is 0.575. The number of hydrogen-bond acceptors (Lipinski definition) is 2. The number of halogens is 3. The number of aryl methyl sites for hydroxylation is 1. The van der Waals surface area contributed by atoms with Gasteiger partial charge in [0.25, 0.3) is 0 Å². The molecule has 24 heavy (non-hydrogen) atoms. The number of ether oxygens (including phenoxy) is 1. The molecule has 6 heteroatoms. The van der Waals surface area contributed by atoms with Crippen molar-refractivity contribution >= 4 is 15.9 Å². The Labute approximate surface area is 150 Å². The van der Waals surface area contributed by atoms with E-state index in [1.54, 1.807) is 0 Å². The Hall–Kier alpha value is -1.43. The highest BCUT2D eigenvalue weighted by Crippen LogP contribution is 2.30. The van der Waals surface area contributed by atoms with E-state index in [-0.39, 0.29) is 17.8 Å². The average Bonchev–Trinajstić information content (AvgIpc) is 2.72. The van der Waals surface area contributed by atoms with Gasteiger partial charge < -0.3 is 4.74 Å². The minimum absolute atomic E-state index is 0.0914. The SMILES string of the molecule is Cc1nn(CC(C)(C)C)c(CCOc2c(Br)ccc(F)c2F)c1C. The summed E-state index contributed by atoms with van der Waals surface area (Å²) in [6.45, 7) is 11.5. The molecule has 132 valence electrons. The number of hydrogen-bond donors (Lipinski definition) is 0. The summed E-state index contributed by atoms with van der Waals surface area (Å²) in [4.78, 5) is 0. The number of nitrogens with zero attached hydrogens (tertiary/aromatic N) is 2. The molecule has 3 nitrogen and oxygen atoms in total. The predicted molar refractivity (Wildman–Crippen MR) is 94.4 cm³/mol. The molecule has 0 unspecified atom stereocenters. The molecule has 0 bridgehead atoms. The fraction of sp³-hybridized carbons (Fsp3) is 0.500. The molecule has 0 fully saturated rings. The van der Waals surface area contributed by atoms with Crippen molar-refractivity contribution in [3.05, 3.63) is 45.2 Å². The highest BCUT2D eigenvalue weighted by Gasteiger charge is 2.19. The summed E-state index contributed by atoms with van der Waals surface area (Å²) in [5, 5.41) is 4.59. The Bertz CT molecular complexity index is 736. The number of benzene rings is 1. The Kier molecular flexibility index (Phi) is 5.68. The van der Waals surface area contributed by atoms with Gasteiger partial charge in [0.1, 0.15) is 0 Å². The van der Waals surface area contributed by atoms with Gasteiger partial charge in [0.2, 0.25) is 5.82 Å². The standard InChI is InChI=1S/C18H23BrF2N2O/c1-11-12(2)22-23(10-18(3,4)5)15(11)8-9-24-17-13(19)6-7-14(20)16(17)21/h6-7H,8-10H2,1-5H3. The summed E-state index contributed by atoms with van der Waals surface area (Å²) in [5.74, 6) is -1.98. The first-order valence-corrected chi connectivity index (χ1v) is 8.68. The molecule has 0 atom stereocenters. The molecule has 0 saturated heterocycles. The summed E-state index contributed by atoms with van der Waals surface area (Å²) in [5.41, 5.74) is 3.25. The lowest BCUT2D eigenvalue weighted by Gasteiger charge is -2.20. The van der Waals surface area contributed by atoms with Crippen molar-refractivity contribution in [2.45, 2.75) is 47.6 Å². The molecule has 2 rings (SSSR count). The van der Waals surface area contributed by atoms with Crippen molar-refractivity contribution in [2.24, 2.45) is 5.41 Å². The third-order valence-corrected chi connectivity index (χ3v) is 4.39. The summed E-state index contributed by atoms with van der Waals surface area (Å²) in [7, 11) is 0. The van der Waals surface area contributed by atoms with Crippen LogP contribution in [0.2, 0.25) is 0 Å². The lowest BCUT2D eigenvalue weighted by Crippen LogP contribution is -2.19. The highest BCUT2D eigenvalue weighted by atomic mass is 79.9. The van der Waals surface area contributed by atoms with Crippen molar-refractivity contribution in [2.75, 3.05) is 6.61 Å². The van der Waals surface area contributed by atoms with E-state index in [4.69, 9.17) is 4.74 Å². The van der Waals surface area contributed by atoms with Crippen LogP contribution in [0.5, 0.6) is 5.75 Å². The van der Waals surface area contributed by atoms with E-state index in [0.29, 0.717) is 10.9 Å². The Morgan fingerprint density at radius 1 is 1.21 bits per heavy atom. The Balaban J connectivity index is 2.14. The van der Waals surface area contributed by atoms with E-state index in [1.165, 1.54) is 6.07 Å². The van der Waals surface area contributed by atoms with Gasteiger partial charge in [-0.3, -0.25) is 4.68 Å². The maximum Gasteiger partial charge on any atom is 0.201 e. The zero-order chi connectivity index (χ0) is 18.1. The van der Waals surface area contributed by atoms with E-state index in [1.807, 2.05) is 18.5 Å². The quantitative estimate of drug-likeness (QED) is 0.644. The molecule has 1 aromatic heterocycles.